The van der Waals surface area contributed by atoms with Gasteiger partial charge in [-0.05, 0) is 11.6 Å². The normalized spacial score (nSPS) is 11.3. The quantitative estimate of drug-likeness (QED) is 0.512. The maximum Gasteiger partial charge on any atom is 0.228 e. The third kappa shape index (κ3) is 2.87. The summed E-state index contributed by atoms with van der Waals surface area (Å²) in [5, 5.41) is 13.2. The first-order valence-corrected chi connectivity index (χ1v) is 9.08. The molecule has 7 nitrogen and oxygen atoms in total. The molecule has 2 aromatic carbocycles. The summed E-state index contributed by atoms with van der Waals surface area (Å²) in [6, 6.07) is 16.2. The molecule has 0 amide bonds. The summed E-state index contributed by atoms with van der Waals surface area (Å²) in [4.78, 5) is 9.45. The number of aromatic nitrogens is 6. The van der Waals surface area contributed by atoms with Crippen LogP contribution in [0.15, 0.2) is 60.9 Å². The smallest absolute Gasteiger partial charge is 0.228 e. The highest BCUT2D eigenvalue weighted by molar-refractivity contribution is 5.93. The van der Waals surface area contributed by atoms with E-state index in [2.05, 4.69) is 27.4 Å². The minimum Gasteiger partial charge on any atom is -0.477 e. The lowest BCUT2D eigenvalue weighted by atomic mass is 10.1. The minimum absolute atomic E-state index is 0.528. The Morgan fingerprint density at radius 3 is 2.75 bits per heavy atom. The summed E-state index contributed by atoms with van der Waals surface area (Å²) in [6.07, 6.45) is 4.34. The van der Waals surface area contributed by atoms with Gasteiger partial charge in [0.15, 0.2) is 11.5 Å². The van der Waals surface area contributed by atoms with Crippen LogP contribution in [0.1, 0.15) is 5.56 Å². The molecule has 0 saturated carbocycles. The van der Waals surface area contributed by atoms with Gasteiger partial charge in [-0.25, -0.2) is 4.98 Å². The number of rotatable bonds is 5. The molecule has 1 N–H and O–H groups in total. The topological polar surface area (TPSA) is 81.5 Å². The Morgan fingerprint density at radius 1 is 0.964 bits per heavy atom. The van der Waals surface area contributed by atoms with Crippen LogP contribution in [0.3, 0.4) is 0 Å². The number of hydrogen-bond donors (Lipinski definition) is 1. The maximum atomic E-state index is 6.06. The molecule has 5 rings (SSSR count). The Hall–Kier alpha value is -3.74. The number of fused-ring (bicyclic) bond motifs is 2. The average Bonchev–Trinajstić information content (AvgIpc) is 3.35. The van der Waals surface area contributed by atoms with Gasteiger partial charge in [-0.2, -0.15) is 15.2 Å². The SMILES string of the molecule is Cn1ncc2c(OCCc3ccccc3)nc(-c3cccc4[nH]ncc34)nc21. The lowest BCUT2D eigenvalue weighted by Crippen LogP contribution is -2.05. The molecular formula is C21H18N6O. The minimum atomic E-state index is 0.528. The van der Waals surface area contributed by atoms with Crippen LogP contribution in [0, 0.1) is 0 Å². The lowest BCUT2D eigenvalue weighted by molar-refractivity contribution is 0.313. The van der Waals surface area contributed by atoms with Gasteiger partial charge in [-0.15, -0.1) is 0 Å². The number of H-pyrrole nitrogens is 1. The van der Waals surface area contributed by atoms with Crippen LogP contribution in [-0.4, -0.2) is 36.6 Å². The predicted octanol–water partition coefficient (Wildman–Crippen LogP) is 3.53. The Kier molecular flexibility index (Phi) is 3.97. The van der Waals surface area contributed by atoms with Crippen LogP contribution >= 0.6 is 0 Å². The van der Waals surface area contributed by atoms with E-state index in [0.29, 0.717) is 18.3 Å². The number of benzene rings is 2. The molecule has 0 aliphatic heterocycles. The number of nitrogens with one attached hydrogen (secondary N) is 1. The van der Waals surface area contributed by atoms with Gasteiger partial charge in [0, 0.05) is 24.4 Å². The monoisotopic (exact) mass is 370 g/mol. The van der Waals surface area contributed by atoms with Crippen molar-refractivity contribution in [3.05, 3.63) is 66.5 Å². The van der Waals surface area contributed by atoms with E-state index in [4.69, 9.17) is 14.7 Å². The zero-order chi connectivity index (χ0) is 18.9. The van der Waals surface area contributed by atoms with Crippen LogP contribution in [0.25, 0.3) is 33.3 Å². The molecule has 0 atom stereocenters. The van der Waals surface area contributed by atoms with E-state index < -0.39 is 0 Å². The fraction of sp³-hybridized carbons (Fsp3) is 0.143. The second-order valence-electron chi connectivity index (χ2n) is 6.58. The summed E-state index contributed by atoms with van der Waals surface area (Å²) in [6.45, 7) is 0.528. The van der Waals surface area contributed by atoms with Gasteiger partial charge in [0.05, 0.1) is 24.5 Å². The van der Waals surface area contributed by atoms with Crippen molar-refractivity contribution >= 4 is 21.9 Å². The number of aryl methyl sites for hydroxylation is 1. The van der Waals surface area contributed by atoms with Gasteiger partial charge in [-0.3, -0.25) is 9.78 Å². The summed E-state index contributed by atoms with van der Waals surface area (Å²) < 4.78 is 7.80. The van der Waals surface area contributed by atoms with Gasteiger partial charge in [0.1, 0.15) is 5.39 Å². The van der Waals surface area contributed by atoms with Crippen molar-refractivity contribution in [2.24, 2.45) is 7.05 Å². The van der Waals surface area contributed by atoms with Gasteiger partial charge < -0.3 is 4.74 Å². The van der Waals surface area contributed by atoms with Crippen LogP contribution in [0.2, 0.25) is 0 Å². The maximum absolute atomic E-state index is 6.06. The van der Waals surface area contributed by atoms with Crippen LogP contribution in [-0.2, 0) is 13.5 Å². The third-order valence-corrected chi connectivity index (χ3v) is 4.76. The first-order valence-electron chi connectivity index (χ1n) is 9.08. The molecule has 138 valence electrons. The van der Waals surface area contributed by atoms with E-state index in [9.17, 15) is 0 Å². The molecular weight excluding hydrogens is 352 g/mol. The van der Waals surface area contributed by atoms with E-state index in [1.165, 1.54) is 5.56 Å². The highest BCUT2D eigenvalue weighted by Crippen LogP contribution is 2.30. The van der Waals surface area contributed by atoms with Crippen molar-refractivity contribution in [3.8, 4) is 17.3 Å². The average molecular weight is 370 g/mol. The molecule has 0 aliphatic carbocycles. The molecule has 0 radical (unpaired) electrons. The summed E-state index contributed by atoms with van der Waals surface area (Å²) in [5.74, 6) is 1.14. The van der Waals surface area contributed by atoms with E-state index >= 15 is 0 Å². The summed E-state index contributed by atoms with van der Waals surface area (Å²) >= 11 is 0. The second-order valence-corrected chi connectivity index (χ2v) is 6.58. The molecule has 0 fully saturated rings. The van der Waals surface area contributed by atoms with Gasteiger partial charge in [-0.1, -0.05) is 42.5 Å². The second kappa shape index (κ2) is 6.77. The largest absolute Gasteiger partial charge is 0.477 e. The van der Waals surface area contributed by atoms with E-state index in [1.54, 1.807) is 17.1 Å². The molecule has 0 saturated heterocycles. The first kappa shape index (κ1) is 16.4. The zero-order valence-electron chi connectivity index (χ0n) is 15.3. The van der Waals surface area contributed by atoms with Crippen molar-refractivity contribution in [2.45, 2.75) is 6.42 Å². The number of hydrogen-bond acceptors (Lipinski definition) is 5. The molecule has 0 unspecified atom stereocenters. The van der Waals surface area contributed by atoms with Crippen molar-refractivity contribution < 1.29 is 4.74 Å². The standard InChI is InChI=1S/C21H18N6O/c1-27-20-17(13-23-27)21(28-11-10-14-6-3-2-4-7-14)25-19(24-20)15-8-5-9-18-16(15)12-22-26-18/h2-9,12-13H,10-11H2,1H3,(H,22,26). The molecule has 3 heterocycles. The predicted molar refractivity (Wildman–Crippen MR) is 107 cm³/mol. The highest BCUT2D eigenvalue weighted by Gasteiger charge is 2.16. The lowest BCUT2D eigenvalue weighted by Gasteiger charge is -2.09. The van der Waals surface area contributed by atoms with E-state index in [-0.39, 0.29) is 0 Å². The van der Waals surface area contributed by atoms with Crippen LogP contribution in [0.4, 0.5) is 0 Å². The molecule has 0 bridgehead atoms. The van der Waals surface area contributed by atoms with Crippen molar-refractivity contribution in [2.75, 3.05) is 6.61 Å². The van der Waals surface area contributed by atoms with E-state index in [1.807, 2.05) is 43.4 Å². The highest BCUT2D eigenvalue weighted by atomic mass is 16.5. The Balaban J connectivity index is 1.54. The van der Waals surface area contributed by atoms with E-state index in [0.717, 1.165) is 33.9 Å². The molecule has 0 aliphatic rings. The third-order valence-electron chi connectivity index (χ3n) is 4.76. The fourth-order valence-electron chi connectivity index (χ4n) is 3.30. The van der Waals surface area contributed by atoms with Gasteiger partial charge in [0.25, 0.3) is 0 Å². The Labute approximate surface area is 161 Å². The van der Waals surface area contributed by atoms with Crippen molar-refractivity contribution in [1.29, 1.82) is 0 Å². The molecule has 0 spiro atoms. The molecule has 5 aromatic rings. The van der Waals surface area contributed by atoms with Gasteiger partial charge >= 0.3 is 0 Å². The summed E-state index contributed by atoms with van der Waals surface area (Å²) in [7, 11) is 1.87. The number of aromatic amines is 1. The summed E-state index contributed by atoms with van der Waals surface area (Å²) in [5.41, 5.74) is 3.81. The van der Waals surface area contributed by atoms with Crippen LogP contribution in [0.5, 0.6) is 5.88 Å². The van der Waals surface area contributed by atoms with Crippen molar-refractivity contribution in [3.63, 3.8) is 0 Å². The van der Waals surface area contributed by atoms with Crippen molar-refractivity contribution in [1.82, 2.24) is 29.9 Å². The Morgan fingerprint density at radius 2 is 1.86 bits per heavy atom. The zero-order valence-corrected chi connectivity index (χ0v) is 15.3. The molecule has 7 heteroatoms. The number of nitrogens with zero attached hydrogens (tertiary/aromatic N) is 5. The fourth-order valence-corrected chi connectivity index (χ4v) is 3.30. The molecule has 28 heavy (non-hydrogen) atoms. The first-order chi connectivity index (χ1) is 13.8. The number of ether oxygens (including phenoxy) is 1. The Bertz CT molecular complexity index is 1260. The van der Waals surface area contributed by atoms with Gasteiger partial charge in [0.2, 0.25) is 5.88 Å². The molecule has 3 aromatic heterocycles. The van der Waals surface area contributed by atoms with Crippen LogP contribution < -0.4 is 4.74 Å².